The highest BCUT2D eigenvalue weighted by molar-refractivity contribution is 6.32. The lowest BCUT2D eigenvalue weighted by Crippen LogP contribution is -2.21. The molecular weight excluding hydrogens is 358 g/mol. The minimum absolute atomic E-state index is 0.159. The van der Waals surface area contributed by atoms with Gasteiger partial charge in [-0.25, -0.2) is 4.79 Å². The Morgan fingerprint density at radius 3 is 2.38 bits per heavy atom. The molecular formula is C19H20ClNO5. The molecule has 0 unspecified atom stereocenters. The van der Waals surface area contributed by atoms with E-state index in [-0.39, 0.29) is 10.6 Å². The zero-order valence-corrected chi connectivity index (χ0v) is 15.8. The Balaban J connectivity index is 2.00. The standard InChI is InChI=1S/C19H20ClNO5/c1-11-5-6-14(7-12(11)2)21-17(22)10-26-19(23)13-8-15(20)18(25-4)16(9-13)24-3/h5-9H,10H2,1-4H3,(H,21,22). The Morgan fingerprint density at radius 2 is 1.77 bits per heavy atom. The maximum atomic E-state index is 12.2. The first-order valence-electron chi connectivity index (χ1n) is 7.81. The van der Waals surface area contributed by atoms with Crippen LogP contribution in [-0.4, -0.2) is 32.7 Å². The van der Waals surface area contributed by atoms with E-state index in [4.69, 9.17) is 25.8 Å². The number of anilines is 1. The van der Waals surface area contributed by atoms with Gasteiger partial charge in [-0.3, -0.25) is 4.79 Å². The number of halogens is 1. The third-order valence-corrected chi connectivity index (χ3v) is 4.08. The number of amides is 1. The number of esters is 1. The van der Waals surface area contributed by atoms with Gasteiger partial charge in [-0.15, -0.1) is 0 Å². The van der Waals surface area contributed by atoms with E-state index in [1.807, 2.05) is 26.0 Å². The third kappa shape index (κ3) is 4.67. The summed E-state index contributed by atoms with van der Waals surface area (Å²) in [5.41, 5.74) is 2.98. The van der Waals surface area contributed by atoms with Crippen LogP contribution in [0.2, 0.25) is 5.02 Å². The average molecular weight is 378 g/mol. The van der Waals surface area contributed by atoms with Crippen molar-refractivity contribution in [3.8, 4) is 11.5 Å². The molecule has 0 aromatic heterocycles. The molecule has 0 atom stereocenters. The third-order valence-electron chi connectivity index (χ3n) is 3.79. The molecule has 0 spiro atoms. The van der Waals surface area contributed by atoms with E-state index in [0.29, 0.717) is 17.2 Å². The molecule has 2 rings (SSSR count). The largest absolute Gasteiger partial charge is 0.493 e. The molecule has 0 aliphatic rings. The van der Waals surface area contributed by atoms with Gasteiger partial charge in [0.1, 0.15) is 0 Å². The van der Waals surface area contributed by atoms with Crippen molar-refractivity contribution >= 4 is 29.2 Å². The number of benzene rings is 2. The van der Waals surface area contributed by atoms with Crippen molar-refractivity contribution in [2.24, 2.45) is 0 Å². The Morgan fingerprint density at radius 1 is 1.04 bits per heavy atom. The summed E-state index contributed by atoms with van der Waals surface area (Å²) in [5, 5.41) is 2.89. The zero-order chi connectivity index (χ0) is 19.3. The van der Waals surface area contributed by atoms with Crippen LogP contribution in [0.15, 0.2) is 30.3 Å². The first-order chi connectivity index (χ1) is 12.3. The van der Waals surface area contributed by atoms with Crippen molar-refractivity contribution in [3.63, 3.8) is 0 Å². The SMILES string of the molecule is COc1cc(C(=O)OCC(=O)Nc2ccc(C)c(C)c2)cc(Cl)c1OC. The summed E-state index contributed by atoms with van der Waals surface area (Å²) < 4.78 is 15.3. The van der Waals surface area contributed by atoms with E-state index in [9.17, 15) is 9.59 Å². The van der Waals surface area contributed by atoms with Crippen LogP contribution >= 0.6 is 11.6 Å². The molecule has 0 bridgehead atoms. The molecule has 0 radical (unpaired) electrons. The number of aryl methyl sites for hydroxylation is 2. The van der Waals surface area contributed by atoms with Gasteiger partial charge in [0.15, 0.2) is 18.1 Å². The summed E-state index contributed by atoms with van der Waals surface area (Å²) in [6.07, 6.45) is 0. The second kappa shape index (κ2) is 8.58. The fourth-order valence-electron chi connectivity index (χ4n) is 2.27. The summed E-state index contributed by atoms with van der Waals surface area (Å²) in [5.74, 6) is -0.513. The van der Waals surface area contributed by atoms with Crippen LogP contribution in [0, 0.1) is 13.8 Å². The lowest BCUT2D eigenvalue weighted by Gasteiger charge is -2.12. The van der Waals surface area contributed by atoms with Crippen molar-refractivity contribution in [3.05, 3.63) is 52.0 Å². The normalized spacial score (nSPS) is 10.2. The lowest BCUT2D eigenvalue weighted by molar-refractivity contribution is -0.119. The van der Waals surface area contributed by atoms with Gasteiger partial charge in [-0.2, -0.15) is 0 Å². The van der Waals surface area contributed by atoms with Crippen LogP contribution in [-0.2, 0) is 9.53 Å². The highest BCUT2D eigenvalue weighted by Crippen LogP contribution is 2.36. The highest BCUT2D eigenvalue weighted by atomic mass is 35.5. The molecule has 0 saturated carbocycles. The van der Waals surface area contributed by atoms with Gasteiger partial charge < -0.3 is 19.5 Å². The summed E-state index contributed by atoms with van der Waals surface area (Å²) in [4.78, 5) is 24.1. The molecule has 0 saturated heterocycles. The number of nitrogens with one attached hydrogen (secondary N) is 1. The van der Waals surface area contributed by atoms with Gasteiger partial charge in [0.05, 0.1) is 24.8 Å². The van der Waals surface area contributed by atoms with Gasteiger partial charge >= 0.3 is 5.97 Å². The van der Waals surface area contributed by atoms with Crippen molar-refractivity contribution in [1.29, 1.82) is 0 Å². The average Bonchev–Trinajstić information content (AvgIpc) is 2.62. The van der Waals surface area contributed by atoms with E-state index in [2.05, 4.69) is 5.32 Å². The molecule has 1 N–H and O–H groups in total. The van der Waals surface area contributed by atoms with Crippen LogP contribution in [0.4, 0.5) is 5.69 Å². The van der Waals surface area contributed by atoms with E-state index in [1.165, 1.54) is 26.4 Å². The van der Waals surface area contributed by atoms with Crippen molar-refractivity contribution < 1.29 is 23.8 Å². The maximum Gasteiger partial charge on any atom is 0.338 e. The quantitative estimate of drug-likeness (QED) is 0.776. The molecule has 2 aromatic rings. The summed E-state index contributed by atoms with van der Waals surface area (Å²) >= 11 is 6.06. The second-order valence-electron chi connectivity index (χ2n) is 5.62. The number of hydrogen-bond donors (Lipinski definition) is 1. The van der Waals surface area contributed by atoms with Crippen LogP contribution < -0.4 is 14.8 Å². The predicted molar refractivity (Wildman–Crippen MR) is 99.4 cm³/mol. The molecule has 6 nitrogen and oxygen atoms in total. The topological polar surface area (TPSA) is 73.9 Å². The monoisotopic (exact) mass is 377 g/mol. The highest BCUT2D eigenvalue weighted by Gasteiger charge is 2.17. The molecule has 1 amide bonds. The van der Waals surface area contributed by atoms with Crippen LogP contribution in [0.1, 0.15) is 21.5 Å². The smallest absolute Gasteiger partial charge is 0.338 e. The van der Waals surface area contributed by atoms with E-state index >= 15 is 0 Å². The molecule has 7 heteroatoms. The number of ether oxygens (including phenoxy) is 3. The molecule has 0 aliphatic heterocycles. The van der Waals surface area contributed by atoms with E-state index < -0.39 is 18.5 Å². The molecule has 2 aromatic carbocycles. The number of carbonyl (C=O) groups is 2. The lowest BCUT2D eigenvalue weighted by atomic mass is 10.1. The summed E-state index contributed by atoms with van der Waals surface area (Å²) in [6, 6.07) is 8.38. The van der Waals surface area contributed by atoms with Crippen molar-refractivity contribution in [2.45, 2.75) is 13.8 Å². The minimum Gasteiger partial charge on any atom is -0.493 e. The Hall–Kier alpha value is -2.73. The summed E-state index contributed by atoms with van der Waals surface area (Å²) in [7, 11) is 2.87. The molecule has 0 fully saturated rings. The minimum atomic E-state index is -0.692. The Bertz CT molecular complexity index is 835. The first kappa shape index (κ1) is 19.6. The fourth-order valence-corrected chi connectivity index (χ4v) is 2.55. The number of hydrogen-bond acceptors (Lipinski definition) is 5. The Kier molecular flexibility index (Phi) is 6.46. The maximum absolute atomic E-state index is 12.2. The van der Waals surface area contributed by atoms with Crippen LogP contribution in [0.5, 0.6) is 11.5 Å². The number of rotatable bonds is 6. The molecule has 0 heterocycles. The van der Waals surface area contributed by atoms with E-state index in [0.717, 1.165) is 11.1 Å². The first-order valence-corrected chi connectivity index (χ1v) is 8.19. The second-order valence-corrected chi connectivity index (χ2v) is 6.02. The van der Waals surface area contributed by atoms with E-state index in [1.54, 1.807) is 6.07 Å². The van der Waals surface area contributed by atoms with Gasteiger partial charge in [0.2, 0.25) is 0 Å². The predicted octanol–water partition coefficient (Wildman–Crippen LogP) is 3.77. The van der Waals surface area contributed by atoms with Gasteiger partial charge in [0.25, 0.3) is 5.91 Å². The number of carbonyl (C=O) groups excluding carboxylic acids is 2. The van der Waals surface area contributed by atoms with Crippen LogP contribution in [0.25, 0.3) is 0 Å². The van der Waals surface area contributed by atoms with Gasteiger partial charge in [-0.1, -0.05) is 17.7 Å². The molecule has 0 aliphatic carbocycles. The van der Waals surface area contributed by atoms with Crippen molar-refractivity contribution in [1.82, 2.24) is 0 Å². The fraction of sp³-hybridized carbons (Fsp3) is 0.263. The van der Waals surface area contributed by atoms with Gasteiger partial charge in [0, 0.05) is 5.69 Å². The van der Waals surface area contributed by atoms with Crippen molar-refractivity contribution in [2.75, 3.05) is 26.1 Å². The Labute approximate surface area is 157 Å². The van der Waals surface area contributed by atoms with Gasteiger partial charge in [-0.05, 0) is 49.2 Å². The zero-order valence-electron chi connectivity index (χ0n) is 15.0. The molecule has 26 heavy (non-hydrogen) atoms. The van der Waals surface area contributed by atoms with Crippen LogP contribution in [0.3, 0.4) is 0 Å². The number of methoxy groups -OCH3 is 2. The summed E-state index contributed by atoms with van der Waals surface area (Å²) in [6.45, 7) is 3.51. The molecule has 138 valence electrons.